The van der Waals surface area contributed by atoms with Crippen molar-refractivity contribution < 1.29 is 19.8 Å². The van der Waals surface area contributed by atoms with E-state index in [0.29, 0.717) is 6.08 Å². The number of carbonyl (C=O) groups is 2. The summed E-state index contributed by atoms with van der Waals surface area (Å²) in [6.45, 7) is 0. The van der Waals surface area contributed by atoms with Gasteiger partial charge in [0.2, 0.25) is 0 Å². The van der Waals surface area contributed by atoms with Gasteiger partial charge in [-0.3, -0.25) is 0 Å². The quantitative estimate of drug-likeness (QED) is 0.455. The molecule has 0 fully saturated rings. The molecule has 0 aliphatic heterocycles. The Morgan fingerprint density at radius 2 is 1.90 bits per heavy atom. The molecule has 0 heterocycles. The minimum Gasteiger partial charge on any atom is -0.478 e. The van der Waals surface area contributed by atoms with Gasteiger partial charge in [-0.15, -0.1) is 0 Å². The Bertz CT molecular complexity index is 184. The molecule has 0 aromatic rings. The number of rotatable bonds is 3. The maximum atomic E-state index is 10.1. The smallest absolute Gasteiger partial charge is 0.352 e. The summed E-state index contributed by atoms with van der Waals surface area (Å²) in [5.41, 5.74) is -0.340. The number of nitrogens with one attached hydrogen (secondary N) is 1. The van der Waals surface area contributed by atoms with E-state index in [-0.39, 0.29) is 5.70 Å². The monoisotopic (exact) mass is 145 g/mol. The zero-order valence-electron chi connectivity index (χ0n) is 5.29. The number of hydrogen-bond donors (Lipinski definition) is 3. The number of likely N-dealkylation sites (N-methyl/N-ethyl adjacent to an activating group) is 1. The van der Waals surface area contributed by atoms with Crippen molar-refractivity contribution >= 4 is 11.9 Å². The van der Waals surface area contributed by atoms with Gasteiger partial charge in [0.05, 0.1) is 6.08 Å². The lowest BCUT2D eigenvalue weighted by molar-refractivity contribution is -0.135. The fraction of sp³-hybridized carbons (Fsp3) is 0.200. The topological polar surface area (TPSA) is 86.6 Å². The van der Waals surface area contributed by atoms with Gasteiger partial charge in [-0.2, -0.15) is 0 Å². The normalized spacial score (nSPS) is 10.7. The summed E-state index contributed by atoms with van der Waals surface area (Å²) in [5.74, 6) is -2.57. The van der Waals surface area contributed by atoms with Crippen molar-refractivity contribution in [3.05, 3.63) is 11.8 Å². The van der Waals surface area contributed by atoms with Crippen LogP contribution >= 0.6 is 0 Å². The van der Waals surface area contributed by atoms with E-state index in [1.807, 2.05) is 0 Å². The minimum atomic E-state index is -1.29. The van der Waals surface area contributed by atoms with Gasteiger partial charge < -0.3 is 15.5 Å². The third-order valence-electron chi connectivity index (χ3n) is 0.768. The number of carboxylic acid groups (broad SMARTS) is 2. The second kappa shape index (κ2) is 3.49. The summed E-state index contributed by atoms with van der Waals surface area (Å²) < 4.78 is 0. The molecule has 0 unspecified atom stereocenters. The van der Waals surface area contributed by atoms with Gasteiger partial charge in [0.1, 0.15) is 5.70 Å². The van der Waals surface area contributed by atoms with Crippen LogP contribution in [0, 0.1) is 0 Å². The van der Waals surface area contributed by atoms with Crippen LogP contribution in [0.4, 0.5) is 0 Å². The predicted molar refractivity (Wildman–Crippen MR) is 32.4 cm³/mol. The zero-order valence-corrected chi connectivity index (χ0v) is 5.29. The lowest BCUT2D eigenvalue weighted by Crippen LogP contribution is -2.16. The van der Waals surface area contributed by atoms with Crippen molar-refractivity contribution in [2.24, 2.45) is 0 Å². The second-order valence-electron chi connectivity index (χ2n) is 1.45. The molecule has 0 spiro atoms. The molecule has 10 heavy (non-hydrogen) atoms. The van der Waals surface area contributed by atoms with Crippen molar-refractivity contribution in [2.75, 3.05) is 7.05 Å². The van der Waals surface area contributed by atoms with E-state index >= 15 is 0 Å². The Hall–Kier alpha value is -1.52. The van der Waals surface area contributed by atoms with Crippen LogP contribution in [-0.2, 0) is 9.59 Å². The van der Waals surface area contributed by atoms with Crippen LogP contribution < -0.4 is 5.32 Å². The SMILES string of the molecule is CN/C(=C\C(=O)O)C(=O)O. The van der Waals surface area contributed by atoms with Crippen LogP contribution in [0.3, 0.4) is 0 Å². The lowest BCUT2D eigenvalue weighted by atomic mass is 10.4. The first-order valence-corrected chi connectivity index (χ1v) is 2.43. The molecule has 0 saturated carbocycles. The molecule has 5 heteroatoms. The van der Waals surface area contributed by atoms with E-state index in [1.165, 1.54) is 7.05 Å². The molecular weight excluding hydrogens is 138 g/mol. The first kappa shape index (κ1) is 8.48. The largest absolute Gasteiger partial charge is 0.478 e. The van der Waals surface area contributed by atoms with Crippen LogP contribution in [0.2, 0.25) is 0 Å². The Balaban J connectivity index is 4.34. The first-order valence-electron chi connectivity index (χ1n) is 2.43. The van der Waals surface area contributed by atoms with Crippen LogP contribution in [0.25, 0.3) is 0 Å². The molecule has 0 atom stereocenters. The van der Waals surface area contributed by atoms with Crippen LogP contribution in [0.5, 0.6) is 0 Å². The van der Waals surface area contributed by atoms with Gasteiger partial charge in [-0.25, -0.2) is 9.59 Å². The van der Waals surface area contributed by atoms with Crippen molar-refractivity contribution in [3.8, 4) is 0 Å². The minimum absolute atomic E-state index is 0.340. The van der Waals surface area contributed by atoms with Crippen molar-refractivity contribution in [1.29, 1.82) is 0 Å². The molecule has 0 aromatic carbocycles. The molecule has 5 nitrogen and oxygen atoms in total. The van der Waals surface area contributed by atoms with E-state index in [1.54, 1.807) is 0 Å². The van der Waals surface area contributed by atoms with Gasteiger partial charge in [-0.1, -0.05) is 0 Å². The maximum absolute atomic E-state index is 10.1. The van der Waals surface area contributed by atoms with Gasteiger partial charge in [-0.05, 0) is 0 Å². The van der Waals surface area contributed by atoms with Gasteiger partial charge >= 0.3 is 11.9 Å². The Kier molecular flexibility index (Phi) is 2.96. The zero-order chi connectivity index (χ0) is 8.15. The molecule has 56 valence electrons. The maximum Gasteiger partial charge on any atom is 0.352 e. The Morgan fingerprint density at radius 3 is 2.00 bits per heavy atom. The van der Waals surface area contributed by atoms with E-state index in [2.05, 4.69) is 5.32 Å². The average molecular weight is 145 g/mol. The summed E-state index contributed by atoms with van der Waals surface area (Å²) in [4.78, 5) is 20.0. The Morgan fingerprint density at radius 1 is 1.40 bits per heavy atom. The third-order valence-corrected chi connectivity index (χ3v) is 0.768. The molecule has 0 amide bonds. The highest BCUT2D eigenvalue weighted by atomic mass is 16.4. The molecule has 0 bridgehead atoms. The molecule has 0 aliphatic rings. The van der Waals surface area contributed by atoms with Crippen LogP contribution in [-0.4, -0.2) is 29.2 Å². The standard InChI is InChI=1S/C5H7NO4/c1-6-3(5(9)10)2-4(7)8/h2,6H,1H3,(H,7,8)(H,9,10)/b3-2-. The molecular formula is C5H7NO4. The van der Waals surface area contributed by atoms with Crippen molar-refractivity contribution in [1.82, 2.24) is 5.32 Å². The number of carboxylic acids is 2. The van der Waals surface area contributed by atoms with Gasteiger partial charge in [0, 0.05) is 7.05 Å². The fourth-order valence-corrected chi connectivity index (χ4v) is 0.364. The summed E-state index contributed by atoms with van der Waals surface area (Å²) >= 11 is 0. The molecule has 0 radical (unpaired) electrons. The van der Waals surface area contributed by atoms with E-state index in [9.17, 15) is 9.59 Å². The average Bonchev–Trinajstić information content (AvgIpc) is 1.81. The summed E-state index contributed by atoms with van der Waals surface area (Å²) in [7, 11) is 1.34. The van der Waals surface area contributed by atoms with E-state index < -0.39 is 11.9 Å². The fourth-order valence-electron chi connectivity index (χ4n) is 0.364. The summed E-state index contributed by atoms with van der Waals surface area (Å²) in [6, 6.07) is 0. The van der Waals surface area contributed by atoms with Crippen LogP contribution in [0.15, 0.2) is 11.8 Å². The highest BCUT2D eigenvalue weighted by Gasteiger charge is 2.05. The number of hydrogen-bond acceptors (Lipinski definition) is 3. The van der Waals surface area contributed by atoms with E-state index in [4.69, 9.17) is 10.2 Å². The predicted octanol–water partition coefficient (Wildman–Crippen LogP) is -0.741. The highest BCUT2D eigenvalue weighted by Crippen LogP contribution is 1.86. The van der Waals surface area contributed by atoms with Gasteiger partial charge in [0.25, 0.3) is 0 Å². The van der Waals surface area contributed by atoms with Crippen LogP contribution in [0.1, 0.15) is 0 Å². The van der Waals surface area contributed by atoms with Crippen molar-refractivity contribution in [3.63, 3.8) is 0 Å². The van der Waals surface area contributed by atoms with Gasteiger partial charge in [0.15, 0.2) is 0 Å². The summed E-state index contributed by atoms with van der Waals surface area (Å²) in [6.07, 6.45) is 0.586. The lowest BCUT2D eigenvalue weighted by Gasteiger charge is -1.96. The highest BCUT2D eigenvalue weighted by molar-refractivity contribution is 5.93. The molecule has 0 saturated heterocycles. The molecule has 0 aromatic heterocycles. The van der Waals surface area contributed by atoms with E-state index in [0.717, 1.165) is 0 Å². The van der Waals surface area contributed by atoms with Crippen molar-refractivity contribution in [2.45, 2.75) is 0 Å². The summed E-state index contributed by atoms with van der Waals surface area (Å²) in [5, 5.41) is 18.5. The Labute approximate surface area is 57.0 Å². The second-order valence-corrected chi connectivity index (χ2v) is 1.45. The third kappa shape index (κ3) is 2.71. The number of aliphatic carboxylic acids is 2. The molecule has 3 N–H and O–H groups in total. The molecule has 0 aliphatic carbocycles. The first-order chi connectivity index (χ1) is 4.57. The molecule has 0 rings (SSSR count).